The van der Waals surface area contributed by atoms with E-state index in [1.165, 1.54) is 17.5 Å². The van der Waals surface area contributed by atoms with Gasteiger partial charge in [0.1, 0.15) is 0 Å². The molecule has 0 amide bonds. The fraction of sp³-hybridized carbons (Fsp3) is 0.455. The maximum Gasteiger partial charge on any atom is 0.0879 e. The number of hydrogen-bond donors (Lipinski definition) is 1. The minimum Gasteiger partial charge on any atom is -0.398 e. The van der Waals surface area contributed by atoms with Crippen LogP contribution in [0.5, 0.6) is 0 Å². The van der Waals surface area contributed by atoms with E-state index in [-0.39, 0.29) is 3.23 Å². The lowest BCUT2D eigenvalue weighted by Crippen LogP contribution is -2.19. The lowest BCUT2D eigenvalue weighted by molar-refractivity contribution is 0.715. The monoisotopic (exact) mass is 315 g/mol. The highest BCUT2D eigenvalue weighted by Crippen LogP contribution is 2.64. The maximum atomic E-state index is 6.02. The Balaban J connectivity index is 2.20. The van der Waals surface area contributed by atoms with Gasteiger partial charge >= 0.3 is 0 Å². The highest BCUT2D eigenvalue weighted by Gasteiger charge is 2.51. The van der Waals surface area contributed by atoms with Crippen molar-refractivity contribution >= 4 is 37.5 Å². The third kappa shape index (κ3) is 1.06. The number of nitrogens with two attached hydrogens (primary N) is 1. The zero-order chi connectivity index (χ0) is 9.92. The summed E-state index contributed by atoms with van der Waals surface area (Å²) in [6, 6.07) is 6.29. The smallest absolute Gasteiger partial charge is 0.0879 e. The molecule has 2 atom stereocenters. The van der Waals surface area contributed by atoms with E-state index in [9.17, 15) is 0 Å². The van der Waals surface area contributed by atoms with Crippen molar-refractivity contribution in [1.82, 2.24) is 0 Å². The quantitative estimate of drug-likeness (QED) is 0.573. The Kier molecular flexibility index (Phi) is 1.82. The number of benzene rings is 1. The molecular weight excluding hydrogens is 306 g/mol. The summed E-state index contributed by atoms with van der Waals surface area (Å²) in [5.41, 5.74) is 9.84. The normalized spacial score (nSPS) is 31.9. The van der Waals surface area contributed by atoms with E-state index in [1.807, 2.05) is 6.07 Å². The van der Waals surface area contributed by atoms with Gasteiger partial charge in [-0.25, -0.2) is 0 Å². The Morgan fingerprint density at radius 1 is 1.36 bits per heavy atom. The molecule has 2 unspecified atom stereocenters. The van der Waals surface area contributed by atoms with Gasteiger partial charge in [0.05, 0.1) is 3.23 Å². The standard InChI is InChI=1S/C11H11Br2N/c12-11(13)5-6-4-8(11)7-2-1-3-9(14)10(6)7/h1-3,6,8H,4-5,14H2. The largest absolute Gasteiger partial charge is 0.398 e. The van der Waals surface area contributed by atoms with E-state index in [1.54, 1.807) is 0 Å². The van der Waals surface area contributed by atoms with Crippen LogP contribution in [0.15, 0.2) is 18.2 Å². The topological polar surface area (TPSA) is 26.0 Å². The fourth-order valence-electron chi connectivity index (χ4n) is 2.96. The van der Waals surface area contributed by atoms with E-state index >= 15 is 0 Å². The van der Waals surface area contributed by atoms with Crippen LogP contribution in [0.3, 0.4) is 0 Å². The molecule has 2 bridgehead atoms. The van der Waals surface area contributed by atoms with E-state index < -0.39 is 0 Å². The summed E-state index contributed by atoms with van der Waals surface area (Å²) in [5.74, 6) is 1.24. The molecule has 0 radical (unpaired) electrons. The molecule has 2 aliphatic carbocycles. The van der Waals surface area contributed by atoms with Crippen LogP contribution >= 0.6 is 31.9 Å². The molecule has 0 spiro atoms. The van der Waals surface area contributed by atoms with Crippen LogP contribution in [0.4, 0.5) is 5.69 Å². The highest BCUT2D eigenvalue weighted by atomic mass is 79.9. The molecule has 74 valence electrons. The molecule has 0 aromatic heterocycles. The van der Waals surface area contributed by atoms with Gasteiger partial charge in [-0.05, 0) is 36.0 Å². The second-order valence-electron chi connectivity index (χ2n) is 4.30. The van der Waals surface area contributed by atoms with Crippen LogP contribution < -0.4 is 5.73 Å². The third-order valence-corrected chi connectivity index (χ3v) is 5.26. The first-order valence-corrected chi connectivity index (χ1v) is 6.44. The summed E-state index contributed by atoms with van der Waals surface area (Å²) < 4.78 is 0.117. The molecule has 0 saturated heterocycles. The Morgan fingerprint density at radius 2 is 2.14 bits per heavy atom. The predicted octanol–water partition coefficient (Wildman–Crippen LogP) is 3.73. The molecule has 1 fully saturated rings. The molecule has 3 heteroatoms. The number of hydrogen-bond acceptors (Lipinski definition) is 1. The molecule has 1 saturated carbocycles. The lowest BCUT2D eigenvalue weighted by Gasteiger charge is -2.28. The number of anilines is 1. The lowest BCUT2D eigenvalue weighted by atomic mass is 9.90. The van der Waals surface area contributed by atoms with Gasteiger partial charge in [0.15, 0.2) is 0 Å². The van der Waals surface area contributed by atoms with Crippen molar-refractivity contribution in [3.05, 3.63) is 29.3 Å². The van der Waals surface area contributed by atoms with Crippen molar-refractivity contribution in [2.45, 2.75) is 27.9 Å². The molecule has 0 heterocycles. The van der Waals surface area contributed by atoms with Crippen molar-refractivity contribution in [1.29, 1.82) is 0 Å². The zero-order valence-electron chi connectivity index (χ0n) is 7.63. The Bertz CT molecular complexity index is 400. The van der Waals surface area contributed by atoms with Gasteiger partial charge in [0.25, 0.3) is 0 Å². The van der Waals surface area contributed by atoms with Crippen LogP contribution in [-0.2, 0) is 0 Å². The van der Waals surface area contributed by atoms with Gasteiger partial charge in [0, 0.05) is 11.6 Å². The number of alkyl halides is 2. The summed E-state index contributed by atoms with van der Waals surface area (Å²) in [4.78, 5) is 0. The maximum absolute atomic E-state index is 6.02. The molecule has 3 rings (SSSR count). The highest BCUT2D eigenvalue weighted by molar-refractivity contribution is 9.25. The van der Waals surface area contributed by atoms with Gasteiger partial charge in [0.2, 0.25) is 0 Å². The van der Waals surface area contributed by atoms with Crippen LogP contribution in [-0.4, -0.2) is 3.23 Å². The van der Waals surface area contributed by atoms with E-state index in [0.717, 1.165) is 12.1 Å². The molecule has 14 heavy (non-hydrogen) atoms. The molecule has 1 nitrogen and oxygen atoms in total. The van der Waals surface area contributed by atoms with E-state index in [0.29, 0.717) is 11.8 Å². The Morgan fingerprint density at radius 3 is 2.93 bits per heavy atom. The van der Waals surface area contributed by atoms with E-state index in [2.05, 4.69) is 44.0 Å². The van der Waals surface area contributed by atoms with Crippen LogP contribution in [0.1, 0.15) is 35.8 Å². The predicted molar refractivity (Wildman–Crippen MR) is 66.2 cm³/mol. The first-order valence-electron chi connectivity index (χ1n) is 4.85. The number of rotatable bonds is 0. The Labute approximate surface area is 100 Å². The van der Waals surface area contributed by atoms with Gasteiger partial charge in [-0.15, -0.1) is 0 Å². The van der Waals surface area contributed by atoms with Gasteiger partial charge in [-0.2, -0.15) is 0 Å². The van der Waals surface area contributed by atoms with Crippen LogP contribution in [0.2, 0.25) is 0 Å². The average molecular weight is 317 g/mol. The first kappa shape index (κ1) is 9.22. The number of fused-ring (bicyclic) bond motifs is 5. The van der Waals surface area contributed by atoms with Crippen molar-refractivity contribution < 1.29 is 0 Å². The summed E-state index contributed by atoms with van der Waals surface area (Å²) in [6.07, 6.45) is 2.39. The van der Waals surface area contributed by atoms with Gasteiger partial charge in [-0.3, -0.25) is 0 Å². The average Bonchev–Trinajstić information content (AvgIpc) is 2.58. The fourth-order valence-corrected chi connectivity index (χ4v) is 4.61. The SMILES string of the molecule is Nc1cccc2c1C1CC2C(Br)(Br)C1. The van der Waals surface area contributed by atoms with Gasteiger partial charge < -0.3 is 5.73 Å². The summed E-state index contributed by atoms with van der Waals surface area (Å²) in [7, 11) is 0. The second kappa shape index (κ2) is 2.76. The van der Waals surface area contributed by atoms with Crippen LogP contribution in [0, 0.1) is 0 Å². The summed E-state index contributed by atoms with van der Waals surface area (Å²) >= 11 is 7.54. The first-order chi connectivity index (χ1) is 6.59. The van der Waals surface area contributed by atoms with Crippen LogP contribution in [0.25, 0.3) is 0 Å². The molecule has 2 N–H and O–H groups in total. The molecular formula is C11H11Br2N. The van der Waals surface area contributed by atoms with Crippen molar-refractivity contribution in [3.8, 4) is 0 Å². The minimum atomic E-state index is 0.117. The molecule has 0 aliphatic heterocycles. The summed E-state index contributed by atoms with van der Waals surface area (Å²) in [6.45, 7) is 0. The molecule has 1 aromatic carbocycles. The van der Waals surface area contributed by atoms with Gasteiger partial charge in [-0.1, -0.05) is 44.0 Å². The second-order valence-corrected chi connectivity index (χ2v) is 8.19. The third-order valence-electron chi connectivity index (χ3n) is 3.51. The zero-order valence-corrected chi connectivity index (χ0v) is 10.8. The summed E-state index contributed by atoms with van der Waals surface area (Å²) in [5, 5.41) is 0. The molecule has 1 aromatic rings. The van der Waals surface area contributed by atoms with Crippen molar-refractivity contribution in [3.63, 3.8) is 0 Å². The number of nitrogen functional groups attached to an aromatic ring is 1. The minimum absolute atomic E-state index is 0.117. The van der Waals surface area contributed by atoms with Crippen molar-refractivity contribution in [2.75, 3.05) is 5.73 Å². The number of halogens is 2. The van der Waals surface area contributed by atoms with E-state index in [4.69, 9.17) is 5.73 Å². The molecule has 2 aliphatic rings. The van der Waals surface area contributed by atoms with Crippen molar-refractivity contribution in [2.24, 2.45) is 0 Å². The Hall–Kier alpha value is -0.0200.